The molecule has 1 heterocycles. The zero-order chi connectivity index (χ0) is 23.3. The summed E-state index contributed by atoms with van der Waals surface area (Å²) in [6, 6.07) is 14.9. The number of fused-ring (bicyclic) bond motifs is 1. The molecule has 0 aliphatic carbocycles. The molecular formula is C27H38N2O3. The molecule has 0 bridgehead atoms. The molecule has 1 amide bonds. The number of nitrogens with zero attached hydrogens (tertiary/aromatic N) is 2. The van der Waals surface area contributed by atoms with Gasteiger partial charge in [-0.25, -0.2) is 0 Å². The van der Waals surface area contributed by atoms with Gasteiger partial charge in [-0.1, -0.05) is 50.2 Å². The summed E-state index contributed by atoms with van der Waals surface area (Å²) in [7, 11) is 3.97. The van der Waals surface area contributed by atoms with Gasteiger partial charge in [-0.15, -0.1) is 0 Å². The van der Waals surface area contributed by atoms with E-state index in [2.05, 4.69) is 51.1 Å². The lowest BCUT2D eigenvalue weighted by atomic mass is 9.90. The smallest absolute Gasteiger partial charge is 0.227 e. The molecule has 5 nitrogen and oxygen atoms in total. The van der Waals surface area contributed by atoms with E-state index in [0.717, 1.165) is 30.7 Å². The Balaban J connectivity index is 1.64. The average Bonchev–Trinajstić information content (AvgIpc) is 3.06. The van der Waals surface area contributed by atoms with E-state index < -0.39 is 0 Å². The lowest BCUT2D eigenvalue weighted by Crippen LogP contribution is -2.39. The highest BCUT2D eigenvalue weighted by Gasteiger charge is 2.35. The minimum Gasteiger partial charge on any atom is -0.487 e. The Hall–Kier alpha value is -2.37. The molecule has 1 aliphatic rings. The minimum absolute atomic E-state index is 0.0201. The molecule has 0 saturated carbocycles. The van der Waals surface area contributed by atoms with E-state index in [9.17, 15) is 9.90 Å². The van der Waals surface area contributed by atoms with E-state index in [1.807, 2.05) is 31.1 Å². The molecule has 0 fully saturated rings. The number of amides is 1. The lowest BCUT2D eigenvalue weighted by molar-refractivity contribution is -0.131. The normalized spacial score (nSPS) is 17.5. The first-order chi connectivity index (χ1) is 15.2. The van der Waals surface area contributed by atoms with Gasteiger partial charge in [0.25, 0.3) is 0 Å². The summed E-state index contributed by atoms with van der Waals surface area (Å²) < 4.78 is 6.35. The molecule has 3 rings (SSSR count). The highest BCUT2D eigenvalue weighted by atomic mass is 16.5. The molecule has 1 aliphatic heterocycles. The molecule has 0 radical (unpaired) electrons. The van der Waals surface area contributed by atoms with Crippen molar-refractivity contribution in [3.63, 3.8) is 0 Å². The predicted molar refractivity (Wildman–Crippen MR) is 129 cm³/mol. The van der Waals surface area contributed by atoms with E-state index in [-0.39, 0.29) is 18.1 Å². The maximum Gasteiger partial charge on any atom is 0.227 e. The summed E-state index contributed by atoms with van der Waals surface area (Å²) in [6.07, 6.45) is 2.02. The van der Waals surface area contributed by atoms with Crippen LogP contribution in [-0.4, -0.2) is 66.8 Å². The van der Waals surface area contributed by atoms with Crippen LogP contribution in [0.5, 0.6) is 5.75 Å². The van der Waals surface area contributed by atoms with Crippen LogP contribution in [0.25, 0.3) is 0 Å². The summed E-state index contributed by atoms with van der Waals surface area (Å²) >= 11 is 0. The van der Waals surface area contributed by atoms with E-state index in [1.54, 1.807) is 4.90 Å². The monoisotopic (exact) mass is 438 g/mol. The largest absolute Gasteiger partial charge is 0.487 e. The highest BCUT2D eigenvalue weighted by molar-refractivity contribution is 5.79. The van der Waals surface area contributed by atoms with Gasteiger partial charge in [0.1, 0.15) is 11.4 Å². The summed E-state index contributed by atoms with van der Waals surface area (Å²) in [5, 5.41) is 9.34. The summed E-state index contributed by atoms with van der Waals surface area (Å²) in [5.74, 6) is 1.50. The van der Waals surface area contributed by atoms with Gasteiger partial charge in [0.15, 0.2) is 0 Å². The first kappa shape index (κ1) is 24.3. The zero-order valence-corrected chi connectivity index (χ0v) is 20.2. The van der Waals surface area contributed by atoms with Crippen LogP contribution in [0.1, 0.15) is 48.9 Å². The molecular weight excluding hydrogens is 400 g/mol. The van der Waals surface area contributed by atoms with E-state index in [0.29, 0.717) is 25.4 Å². The van der Waals surface area contributed by atoms with Crippen molar-refractivity contribution in [2.24, 2.45) is 0 Å². The Kier molecular flexibility index (Phi) is 7.96. The second-order valence-electron chi connectivity index (χ2n) is 9.83. The number of hydrogen-bond acceptors (Lipinski definition) is 4. The molecule has 0 unspecified atom stereocenters. The number of aliphatic hydroxyl groups excluding tert-OH is 1. The van der Waals surface area contributed by atoms with Crippen LogP contribution in [0.4, 0.5) is 0 Å². The van der Waals surface area contributed by atoms with Gasteiger partial charge >= 0.3 is 0 Å². The second kappa shape index (κ2) is 10.5. The van der Waals surface area contributed by atoms with Crippen molar-refractivity contribution in [1.82, 2.24) is 9.80 Å². The second-order valence-corrected chi connectivity index (χ2v) is 9.83. The zero-order valence-electron chi connectivity index (χ0n) is 20.2. The molecule has 0 saturated heterocycles. The van der Waals surface area contributed by atoms with Crippen molar-refractivity contribution in [2.75, 3.05) is 40.3 Å². The quantitative estimate of drug-likeness (QED) is 0.615. The summed E-state index contributed by atoms with van der Waals surface area (Å²) in [5.41, 5.74) is 4.51. The SMILES string of the molecule is CC(C)c1ccc(C[C@@]2(C)Cc3cc(CC(=O)N(CCO)CCN(C)C)ccc3O2)cc1. The Bertz CT molecular complexity index is 908. The number of benzene rings is 2. The molecule has 174 valence electrons. The van der Waals surface area contributed by atoms with Crippen molar-refractivity contribution in [3.05, 3.63) is 64.7 Å². The van der Waals surface area contributed by atoms with Crippen molar-refractivity contribution in [3.8, 4) is 5.75 Å². The Morgan fingerprint density at radius 3 is 2.38 bits per heavy atom. The third-order valence-electron chi connectivity index (χ3n) is 6.17. The number of rotatable bonds is 10. The van der Waals surface area contributed by atoms with Crippen molar-refractivity contribution < 1.29 is 14.6 Å². The third kappa shape index (κ3) is 6.33. The fourth-order valence-corrected chi connectivity index (χ4v) is 4.32. The van der Waals surface area contributed by atoms with Crippen molar-refractivity contribution in [1.29, 1.82) is 0 Å². The van der Waals surface area contributed by atoms with Gasteiger partial charge in [0.05, 0.1) is 13.0 Å². The van der Waals surface area contributed by atoms with Gasteiger partial charge in [-0.3, -0.25) is 4.79 Å². The number of likely N-dealkylation sites (N-methyl/N-ethyl adjacent to an activating group) is 1. The fraction of sp³-hybridized carbons (Fsp3) is 0.519. The van der Waals surface area contributed by atoms with Gasteiger partial charge in [-0.2, -0.15) is 0 Å². The average molecular weight is 439 g/mol. The number of carbonyl (C=O) groups excluding carboxylic acids is 1. The third-order valence-corrected chi connectivity index (χ3v) is 6.17. The highest BCUT2D eigenvalue weighted by Crippen LogP contribution is 2.37. The number of carbonyl (C=O) groups is 1. The molecule has 0 spiro atoms. The van der Waals surface area contributed by atoms with Gasteiger partial charge in [0.2, 0.25) is 5.91 Å². The maximum atomic E-state index is 12.8. The minimum atomic E-state index is -0.279. The van der Waals surface area contributed by atoms with Crippen LogP contribution >= 0.6 is 0 Å². The molecule has 32 heavy (non-hydrogen) atoms. The topological polar surface area (TPSA) is 53.0 Å². The van der Waals surface area contributed by atoms with Gasteiger partial charge in [-0.05, 0) is 55.3 Å². The van der Waals surface area contributed by atoms with Crippen LogP contribution in [-0.2, 0) is 24.1 Å². The summed E-state index contributed by atoms with van der Waals surface area (Å²) in [6.45, 7) is 8.33. The van der Waals surface area contributed by atoms with Crippen molar-refractivity contribution in [2.45, 2.75) is 51.6 Å². The van der Waals surface area contributed by atoms with Gasteiger partial charge < -0.3 is 19.6 Å². The van der Waals surface area contributed by atoms with E-state index >= 15 is 0 Å². The Labute approximate surface area is 193 Å². The Morgan fingerprint density at radius 1 is 1.06 bits per heavy atom. The van der Waals surface area contributed by atoms with Crippen LogP contribution in [0.15, 0.2) is 42.5 Å². The molecule has 2 aromatic carbocycles. The molecule has 0 aromatic heterocycles. The van der Waals surface area contributed by atoms with E-state index in [1.165, 1.54) is 16.7 Å². The van der Waals surface area contributed by atoms with Crippen LogP contribution < -0.4 is 4.74 Å². The van der Waals surface area contributed by atoms with E-state index in [4.69, 9.17) is 4.74 Å². The number of ether oxygens (including phenoxy) is 1. The summed E-state index contributed by atoms with van der Waals surface area (Å²) in [4.78, 5) is 16.6. The first-order valence-corrected chi connectivity index (χ1v) is 11.6. The molecule has 5 heteroatoms. The lowest BCUT2D eigenvalue weighted by Gasteiger charge is -2.24. The molecule has 1 N–H and O–H groups in total. The maximum absolute atomic E-state index is 12.8. The first-order valence-electron chi connectivity index (χ1n) is 11.6. The van der Waals surface area contributed by atoms with Crippen LogP contribution in [0, 0.1) is 0 Å². The molecule has 2 aromatic rings. The number of hydrogen-bond donors (Lipinski definition) is 1. The fourth-order valence-electron chi connectivity index (χ4n) is 4.32. The predicted octanol–water partition coefficient (Wildman–Crippen LogP) is 3.67. The van der Waals surface area contributed by atoms with Crippen molar-refractivity contribution >= 4 is 5.91 Å². The van der Waals surface area contributed by atoms with Gasteiger partial charge in [0, 0.05) is 32.5 Å². The number of aliphatic hydroxyl groups is 1. The Morgan fingerprint density at radius 2 is 1.75 bits per heavy atom. The standard InChI is InChI=1S/C27H38N2O3/c1-20(2)23-9-6-21(7-10-23)18-27(3)19-24-16-22(8-11-25(24)32-27)17-26(31)29(14-15-30)13-12-28(4)5/h6-11,16,20,30H,12-15,17-19H2,1-5H3/t27-/m0/s1. The van der Waals surface area contributed by atoms with Crippen LogP contribution in [0.2, 0.25) is 0 Å². The molecule has 1 atom stereocenters. The van der Waals surface area contributed by atoms with Crippen LogP contribution in [0.3, 0.4) is 0 Å².